The van der Waals surface area contributed by atoms with Crippen molar-refractivity contribution in [1.82, 2.24) is 9.88 Å². The Hall–Kier alpha value is -1.59. The van der Waals surface area contributed by atoms with E-state index in [9.17, 15) is 0 Å². The monoisotopic (exact) mass is 303 g/mol. The lowest BCUT2D eigenvalue weighted by atomic mass is 10.0. The molecule has 1 aromatic heterocycles. The van der Waals surface area contributed by atoms with Crippen molar-refractivity contribution in [2.24, 2.45) is 5.92 Å². The molecule has 4 nitrogen and oxygen atoms in total. The maximum atomic E-state index is 5.74. The molecular weight excluding hydrogens is 282 g/mol. The van der Waals surface area contributed by atoms with Gasteiger partial charge < -0.3 is 10.5 Å². The molecule has 1 aliphatic rings. The van der Waals surface area contributed by atoms with E-state index in [2.05, 4.69) is 35.0 Å². The molecule has 1 saturated heterocycles. The third-order valence-electron chi connectivity index (χ3n) is 4.02. The number of thiazole rings is 1. The van der Waals surface area contributed by atoms with Gasteiger partial charge in [0, 0.05) is 30.2 Å². The van der Waals surface area contributed by atoms with Gasteiger partial charge in [0.15, 0.2) is 5.13 Å². The summed E-state index contributed by atoms with van der Waals surface area (Å²) in [7, 11) is 1.72. The molecule has 0 spiro atoms. The molecule has 3 rings (SSSR count). The van der Waals surface area contributed by atoms with Crippen LogP contribution in [0.15, 0.2) is 30.5 Å². The number of ether oxygens (including phenoxy) is 1. The number of rotatable bonds is 4. The molecule has 21 heavy (non-hydrogen) atoms. The molecule has 0 aliphatic carbocycles. The van der Waals surface area contributed by atoms with E-state index in [0.717, 1.165) is 18.8 Å². The molecule has 0 radical (unpaired) electrons. The molecule has 2 aromatic rings. The van der Waals surface area contributed by atoms with Gasteiger partial charge in [-0.25, -0.2) is 4.98 Å². The highest BCUT2D eigenvalue weighted by molar-refractivity contribution is 7.15. The summed E-state index contributed by atoms with van der Waals surface area (Å²) < 4.78 is 5.36. The zero-order valence-corrected chi connectivity index (χ0v) is 13.3. The van der Waals surface area contributed by atoms with E-state index in [-0.39, 0.29) is 0 Å². The number of aromatic nitrogens is 1. The van der Waals surface area contributed by atoms with Crippen LogP contribution in [-0.2, 0) is 6.54 Å². The third-order valence-corrected chi connectivity index (χ3v) is 4.83. The van der Waals surface area contributed by atoms with Crippen LogP contribution in [0, 0.1) is 5.92 Å². The van der Waals surface area contributed by atoms with Gasteiger partial charge >= 0.3 is 0 Å². The summed E-state index contributed by atoms with van der Waals surface area (Å²) in [5, 5.41) is 0.648. The Balaban J connectivity index is 1.81. The molecule has 1 aliphatic heterocycles. The average molecular weight is 303 g/mol. The number of hydrogen-bond acceptors (Lipinski definition) is 5. The Labute approximate surface area is 129 Å². The molecule has 0 bridgehead atoms. The molecule has 0 saturated carbocycles. The Morgan fingerprint density at radius 1 is 1.48 bits per heavy atom. The second-order valence-electron chi connectivity index (χ2n) is 5.73. The Morgan fingerprint density at radius 3 is 3.05 bits per heavy atom. The largest absolute Gasteiger partial charge is 0.497 e. The molecule has 2 heterocycles. The van der Waals surface area contributed by atoms with E-state index in [1.165, 1.54) is 16.9 Å². The van der Waals surface area contributed by atoms with Gasteiger partial charge in [-0.05, 0) is 30.0 Å². The van der Waals surface area contributed by atoms with Gasteiger partial charge in [-0.15, -0.1) is 11.3 Å². The number of anilines is 1. The Morgan fingerprint density at radius 2 is 2.33 bits per heavy atom. The molecular formula is C16H21N3OS. The standard InChI is InChI=1S/C16H21N3OS/c1-11-6-15(12-4-3-5-13(7-12)20-2)19(9-11)10-14-8-18-16(17)21-14/h3-5,7-8,11,15H,6,9-10H2,1-2H3,(H2,17,18). The average Bonchev–Trinajstić information content (AvgIpc) is 3.05. The molecule has 2 unspecified atom stereocenters. The van der Waals surface area contributed by atoms with Crippen LogP contribution in [0.25, 0.3) is 0 Å². The zero-order valence-electron chi connectivity index (χ0n) is 12.5. The minimum absolute atomic E-state index is 0.443. The number of nitrogens with two attached hydrogens (primary N) is 1. The summed E-state index contributed by atoms with van der Waals surface area (Å²) in [6, 6.07) is 8.85. The normalized spacial score (nSPS) is 22.6. The summed E-state index contributed by atoms with van der Waals surface area (Å²) in [6.45, 7) is 4.34. The molecule has 0 amide bonds. The van der Waals surface area contributed by atoms with Gasteiger partial charge in [-0.1, -0.05) is 19.1 Å². The van der Waals surface area contributed by atoms with Gasteiger partial charge in [-0.2, -0.15) is 0 Å². The zero-order chi connectivity index (χ0) is 14.8. The summed E-state index contributed by atoms with van der Waals surface area (Å²) >= 11 is 1.58. The van der Waals surface area contributed by atoms with Crippen LogP contribution in [-0.4, -0.2) is 23.5 Å². The second-order valence-corrected chi connectivity index (χ2v) is 6.87. The molecule has 112 valence electrons. The van der Waals surface area contributed by atoms with E-state index in [1.54, 1.807) is 18.4 Å². The van der Waals surface area contributed by atoms with Crippen LogP contribution < -0.4 is 10.5 Å². The van der Waals surface area contributed by atoms with Gasteiger partial charge in [-0.3, -0.25) is 4.90 Å². The Bertz CT molecular complexity index is 613. The first kappa shape index (κ1) is 14.4. The lowest BCUT2D eigenvalue weighted by molar-refractivity contribution is 0.247. The fraction of sp³-hybridized carbons (Fsp3) is 0.438. The van der Waals surface area contributed by atoms with Gasteiger partial charge in [0.1, 0.15) is 5.75 Å². The molecule has 1 aromatic carbocycles. The van der Waals surface area contributed by atoms with Crippen molar-refractivity contribution in [3.05, 3.63) is 40.9 Å². The first-order valence-electron chi connectivity index (χ1n) is 7.24. The quantitative estimate of drug-likeness (QED) is 0.941. The van der Waals surface area contributed by atoms with E-state index in [1.807, 2.05) is 12.3 Å². The molecule has 2 atom stereocenters. The number of methoxy groups -OCH3 is 1. The van der Waals surface area contributed by atoms with E-state index in [0.29, 0.717) is 17.1 Å². The molecule has 5 heteroatoms. The predicted molar refractivity (Wildman–Crippen MR) is 86.5 cm³/mol. The first-order chi connectivity index (χ1) is 10.2. The number of nitrogens with zero attached hydrogens (tertiary/aromatic N) is 2. The van der Waals surface area contributed by atoms with Crippen molar-refractivity contribution in [2.45, 2.75) is 25.9 Å². The van der Waals surface area contributed by atoms with Crippen molar-refractivity contribution in [3.8, 4) is 5.75 Å². The van der Waals surface area contributed by atoms with Crippen molar-refractivity contribution in [1.29, 1.82) is 0 Å². The van der Waals surface area contributed by atoms with Crippen LogP contribution in [0.1, 0.15) is 29.8 Å². The fourth-order valence-corrected chi connectivity index (χ4v) is 3.81. The fourth-order valence-electron chi connectivity index (χ4n) is 3.10. The lowest BCUT2D eigenvalue weighted by Gasteiger charge is -2.24. The summed E-state index contributed by atoms with van der Waals surface area (Å²) in [5.74, 6) is 1.63. The van der Waals surface area contributed by atoms with Gasteiger partial charge in [0.2, 0.25) is 0 Å². The van der Waals surface area contributed by atoms with Crippen LogP contribution in [0.5, 0.6) is 5.75 Å². The molecule has 2 N–H and O–H groups in total. The van der Waals surface area contributed by atoms with Crippen LogP contribution >= 0.6 is 11.3 Å². The third kappa shape index (κ3) is 3.19. The first-order valence-corrected chi connectivity index (χ1v) is 8.05. The number of nitrogen functional groups attached to an aromatic ring is 1. The smallest absolute Gasteiger partial charge is 0.180 e. The SMILES string of the molecule is COc1cccc(C2CC(C)CN2Cc2cnc(N)s2)c1. The van der Waals surface area contributed by atoms with Crippen molar-refractivity contribution >= 4 is 16.5 Å². The summed E-state index contributed by atoms with van der Waals surface area (Å²) in [6.07, 6.45) is 3.08. The van der Waals surface area contributed by atoms with Crippen LogP contribution in [0.3, 0.4) is 0 Å². The summed E-state index contributed by atoms with van der Waals surface area (Å²) in [4.78, 5) is 7.90. The topological polar surface area (TPSA) is 51.4 Å². The maximum Gasteiger partial charge on any atom is 0.180 e. The highest BCUT2D eigenvalue weighted by Crippen LogP contribution is 2.37. The summed E-state index contributed by atoms with van der Waals surface area (Å²) in [5.41, 5.74) is 7.07. The minimum Gasteiger partial charge on any atom is -0.497 e. The lowest BCUT2D eigenvalue weighted by Crippen LogP contribution is -2.22. The number of likely N-dealkylation sites (tertiary alicyclic amines) is 1. The van der Waals surface area contributed by atoms with E-state index < -0.39 is 0 Å². The van der Waals surface area contributed by atoms with Crippen molar-refractivity contribution in [2.75, 3.05) is 19.4 Å². The van der Waals surface area contributed by atoms with E-state index in [4.69, 9.17) is 10.5 Å². The van der Waals surface area contributed by atoms with E-state index >= 15 is 0 Å². The van der Waals surface area contributed by atoms with Crippen molar-refractivity contribution in [3.63, 3.8) is 0 Å². The van der Waals surface area contributed by atoms with Gasteiger partial charge in [0.05, 0.1) is 7.11 Å². The number of benzene rings is 1. The highest BCUT2D eigenvalue weighted by atomic mass is 32.1. The van der Waals surface area contributed by atoms with Crippen molar-refractivity contribution < 1.29 is 4.74 Å². The second kappa shape index (κ2) is 6.03. The predicted octanol–water partition coefficient (Wildman–Crippen LogP) is 3.32. The number of hydrogen-bond donors (Lipinski definition) is 1. The highest BCUT2D eigenvalue weighted by Gasteiger charge is 2.31. The maximum absolute atomic E-state index is 5.74. The van der Waals surface area contributed by atoms with Gasteiger partial charge in [0.25, 0.3) is 0 Å². The van der Waals surface area contributed by atoms with Crippen LogP contribution in [0.4, 0.5) is 5.13 Å². The Kier molecular flexibility index (Phi) is 4.12. The van der Waals surface area contributed by atoms with Crippen LogP contribution in [0.2, 0.25) is 0 Å². The minimum atomic E-state index is 0.443. The molecule has 1 fully saturated rings.